The normalized spacial score (nSPS) is 20.2. The Bertz CT molecular complexity index is 351. The number of aliphatic hydroxyl groups excluding tert-OH is 1. The van der Waals surface area contributed by atoms with Gasteiger partial charge in [-0.15, -0.1) is 0 Å². The second-order valence-corrected chi connectivity index (χ2v) is 5.42. The van der Waals surface area contributed by atoms with E-state index in [4.69, 9.17) is 0 Å². The van der Waals surface area contributed by atoms with Gasteiger partial charge in [-0.05, 0) is 31.7 Å². The molecule has 3 nitrogen and oxygen atoms in total. The molecule has 1 N–H and O–H groups in total. The van der Waals surface area contributed by atoms with Gasteiger partial charge in [0.2, 0.25) is 0 Å². The fourth-order valence-electron chi connectivity index (χ4n) is 2.93. The van der Waals surface area contributed by atoms with Crippen LogP contribution in [0, 0.1) is 12.8 Å². The number of hydrogen-bond acceptors (Lipinski definition) is 2. The van der Waals surface area contributed by atoms with Crippen molar-refractivity contribution in [1.29, 1.82) is 0 Å². The predicted molar refractivity (Wildman–Crippen MR) is 68.8 cm³/mol. The van der Waals surface area contributed by atoms with E-state index in [0.29, 0.717) is 5.92 Å². The molecule has 1 aliphatic rings. The summed E-state index contributed by atoms with van der Waals surface area (Å²) >= 11 is 0. The number of aliphatic hydroxyl groups is 1. The lowest BCUT2D eigenvalue weighted by atomic mass is 9.91. The Labute approximate surface area is 104 Å². The molecule has 1 atom stereocenters. The Hall–Kier alpha value is -0.830. The molecule has 0 bridgehead atoms. The first-order valence-corrected chi connectivity index (χ1v) is 6.84. The molecule has 1 unspecified atom stereocenters. The highest BCUT2D eigenvalue weighted by molar-refractivity contribution is 5.09. The lowest BCUT2D eigenvalue weighted by Gasteiger charge is -2.21. The first-order chi connectivity index (χ1) is 8.16. The summed E-state index contributed by atoms with van der Waals surface area (Å²) in [5.41, 5.74) is 2.19. The number of aryl methyl sites for hydroxylation is 2. The average molecular weight is 236 g/mol. The molecule has 96 valence electrons. The molecule has 1 saturated carbocycles. The summed E-state index contributed by atoms with van der Waals surface area (Å²) in [6, 6.07) is 2.08. The van der Waals surface area contributed by atoms with Crippen molar-refractivity contribution in [3.63, 3.8) is 0 Å². The molecule has 1 heterocycles. The third kappa shape index (κ3) is 3.32. The SMILES string of the molecule is Cc1cc(CC(O)C2CCCCCC2)n(C)n1. The van der Waals surface area contributed by atoms with Gasteiger partial charge in [0.1, 0.15) is 0 Å². The van der Waals surface area contributed by atoms with Crippen molar-refractivity contribution in [1.82, 2.24) is 9.78 Å². The summed E-state index contributed by atoms with van der Waals surface area (Å²) in [6.07, 6.45) is 8.20. The van der Waals surface area contributed by atoms with E-state index >= 15 is 0 Å². The molecule has 17 heavy (non-hydrogen) atoms. The average Bonchev–Trinajstić information content (AvgIpc) is 2.54. The van der Waals surface area contributed by atoms with Gasteiger partial charge in [-0.3, -0.25) is 4.68 Å². The summed E-state index contributed by atoms with van der Waals surface area (Å²) in [5.74, 6) is 0.493. The van der Waals surface area contributed by atoms with Crippen molar-refractivity contribution in [2.75, 3.05) is 0 Å². The molecule has 1 aliphatic carbocycles. The molecular formula is C14H24N2O. The fourth-order valence-corrected chi connectivity index (χ4v) is 2.93. The number of aromatic nitrogens is 2. The van der Waals surface area contributed by atoms with Gasteiger partial charge in [-0.1, -0.05) is 25.7 Å². The van der Waals surface area contributed by atoms with Crippen LogP contribution in [-0.2, 0) is 13.5 Å². The van der Waals surface area contributed by atoms with E-state index in [1.54, 1.807) is 0 Å². The Balaban J connectivity index is 1.95. The van der Waals surface area contributed by atoms with Crippen LogP contribution in [0.5, 0.6) is 0 Å². The van der Waals surface area contributed by atoms with Crippen molar-refractivity contribution in [3.8, 4) is 0 Å². The zero-order chi connectivity index (χ0) is 12.3. The van der Waals surface area contributed by atoms with Crippen molar-refractivity contribution < 1.29 is 5.11 Å². The first-order valence-electron chi connectivity index (χ1n) is 6.84. The summed E-state index contributed by atoms with van der Waals surface area (Å²) in [5, 5.41) is 14.7. The van der Waals surface area contributed by atoms with Crippen LogP contribution in [0.1, 0.15) is 49.9 Å². The second-order valence-electron chi connectivity index (χ2n) is 5.42. The molecule has 0 aromatic carbocycles. The number of nitrogens with zero attached hydrogens (tertiary/aromatic N) is 2. The molecule has 0 aliphatic heterocycles. The highest BCUT2D eigenvalue weighted by Crippen LogP contribution is 2.27. The van der Waals surface area contributed by atoms with Crippen LogP contribution >= 0.6 is 0 Å². The second kappa shape index (κ2) is 5.67. The molecule has 1 fully saturated rings. The molecule has 2 rings (SSSR count). The lowest BCUT2D eigenvalue weighted by molar-refractivity contribution is 0.0968. The quantitative estimate of drug-likeness (QED) is 0.819. The Morgan fingerprint density at radius 3 is 2.53 bits per heavy atom. The minimum absolute atomic E-state index is 0.192. The molecule has 0 amide bonds. The van der Waals surface area contributed by atoms with Gasteiger partial charge in [0.15, 0.2) is 0 Å². The highest BCUT2D eigenvalue weighted by atomic mass is 16.3. The van der Waals surface area contributed by atoms with Crippen molar-refractivity contribution >= 4 is 0 Å². The molecule has 0 radical (unpaired) electrons. The predicted octanol–water partition coefficient (Wildman–Crippen LogP) is 2.60. The van der Waals surface area contributed by atoms with Crippen LogP contribution < -0.4 is 0 Å². The molecule has 1 aromatic rings. The first kappa shape index (κ1) is 12.6. The van der Waals surface area contributed by atoms with E-state index in [2.05, 4.69) is 11.2 Å². The Kier molecular flexibility index (Phi) is 4.21. The Morgan fingerprint density at radius 2 is 2.00 bits per heavy atom. The fraction of sp³-hybridized carbons (Fsp3) is 0.786. The third-order valence-corrected chi connectivity index (χ3v) is 3.96. The van der Waals surface area contributed by atoms with E-state index in [9.17, 15) is 5.11 Å². The van der Waals surface area contributed by atoms with Gasteiger partial charge >= 0.3 is 0 Å². The zero-order valence-electron chi connectivity index (χ0n) is 11.0. The van der Waals surface area contributed by atoms with Gasteiger partial charge < -0.3 is 5.11 Å². The van der Waals surface area contributed by atoms with Crippen molar-refractivity contribution in [2.24, 2.45) is 13.0 Å². The standard InChI is InChI=1S/C14H24N2O/c1-11-9-13(16(2)15-11)10-14(17)12-7-5-3-4-6-8-12/h9,12,14,17H,3-8,10H2,1-2H3. The summed E-state index contributed by atoms with van der Waals surface area (Å²) in [4.78, 5) is 0. The van der Waals surface area contributed by atoms with Gasteiger partial charge in [0.25, 0.3) is 0 Å². The van der Waals surface area contributed by atoms with E-state index in [-0.39, 0.29) is 6.10 Å². The minimum atomic E-state index is -0.192. The van der Waals surface area contributed by atoms with E-state index in [0.717, 1.165) is 17.8 Å². The maximum absolute atomic E-state index is 10.3. The maximum Gasteiger partial charge on any atom is 0.0623 e. The Morgan fingerprint density at radius 1 is 1.35 bits per heavy atom. The van der Waals surface area contributed by atoms with E-state index in [1.165, 1.54) is 38.5 Å². The van der Waals surface area contributed by atoms with Gasteiger partial charge in [0.05, 0.1) is 11.8 Å². The smallest absolute Gasteiger partial charge is 0.0623 e. The zero-order valence-corrected chi connectivity index (χ0v) is 11.0. The summed E-state index contributed by atoms with van der Waals surface area (Å²) in [7, 11) is 1.96. The molecule has 0 spiro atoms. The highest BCUT2D eigenvalue weighted by Gasteiger charge is 2.21. The van der Waals surface area contributed by atoms with Crippen molar-refractivity contribution in [2.45, 2.75) is 58.0 Å². The molecular weight excluding hydrogens is 212 g/mol. The number of hydrogen-bond donors (Lipinski definition) is 1. The summed E-state index contributed by atoms with van der Waals surface area (Å²) in [6.45, 7) is 2.00. The summed E-state index contributed by atoms with van der Waals surface area (Å²) < 4.78 is 1.90. The number of rotatable bonds is 3. The minimum Gasteiger partial charge on any atom is -0.392 e. The van der Waals surface area contributed by atoms with Gasteiger partial charge in [0, 0.05) is 19.2 Å². The van der Waals surface area contributed by atoms with Crippen LogP contribution in [0.3, 0.4) is 0 Å². The van der Waals surface area contributed by atoms with Crippen LogP contribution in [0.4, 0.5) is 0 Å². The third-order valence-electron chi connectivity index (χ3n) is 3.96. The van der Waals surface area contributed by atoms with E-state index in [1.807, 2.05) is 18.7 Å². The largest absolute Gasteiger partial charge is 0.392 e. The monoisotopic (exact) mass is 236 g/mol. The van der Waals surface area contributed by atoms with Crippen LogP contribution in [0.25, 0.3) is 0 Å². The van der Waals surface area contributed by atoms with Crippen LogP contribution in [-0.4, -0.2) is 21.0 Å². The van der Waals surface area contributed by atoms with Crippen LogP contribution in [0.2, 0.25) is 0 Å². The molecule has 3 heteroatoms. The topological polar surface area (TPSA) is 38.0 Å². The van der Waals surface area contributed by atoms with Gasteiger partial charge in [-0.25, -0.2) is 0 Å². The maximum atomic E-state index is 10.3. The van der Waals surface area contributed by atoms with E-state index < -0.39 is 0 Å². The molecule has 1 aromatic heterocycles. The van der Waals surface area contributed by atoms with Gasteiger partial charge in [-0.2, -0.15) is 5.10 Å². The van der Waals surface area contributed by atoms with Crippen LogP contribution in [0.15, 0.2) is 6.07 Å². The molecule has 0 saturated heterocycles. The van der Waals surface area contributed by atoms with Crippen molar-refractivity contribution in [3.05, 3.63) is 17.5 Å². The lowest BCUT2D eigenvalue weighted by Crippen LogP contribution is -2.23.